The second kappa shape index (κ2) is 10.2. The number of ether oxygens (including phenoxy) is 3. The van der Waals surface area contributed by atoms with E-state index in [0.717, 1.165) is 0 Å². The minimum Gasteiger partial charge on any atom is -0.497 e. The van der Waals surface area contributed by atoms with Gasteiger partial charge in [0.25, 0.3) is 5.56 Å². The van der Waals surface area contributed by atoms with E-state index in [9.17, 15) is 18.4 Å². The predicted molar refractivity (Wildman–Crippen MR) is 126 cm³/mol. The molecule has 0 spiro atoms. The fraction of sp³-hybridized carbons (Fsp3) is 0.240. The number of carbonyl (C=O) groups is 1. The van der Waals surface area contributed by atoms with E-state index >= 15 is 0 Å². The molecule has 0 amide bonds. The van der Waals surface area contributed by atoms with Crippen molar-refractivity contribution in [3.8, 4) is 11.5 Å². The highest BCUT2D eigenvalue weighted by Crippen LogP contribution is 2.31. The summed E-state index contributed by atoms with van der Waals surface area (Å²) in [5, 5.41) is 0. The second-order valence-electron chi connectivity index (χ2n) is 7.52. The summed E-state index contributed by atoms with van der Waals surface area (Å²) < 4.78 is 41.6. The molecule has 35 heavy (non-hydrogen) atoms. The summed E-state index contributed by atoms with van der Waals surface area (Å²) in [4.78, 5) is 31.4. The van der Waals surface area contributed by atoms with Crippen molar-refractivity contribution in [2.45, 2.75) is 26.5 Å². The predicted octanol–water partition coefficient (Wildman–Crippen LogP) is 3.41. The molecule has 1 aliphatic rings. The summed E-state index contributed by atoms with van der Waals surface area (Å²) in [5.41, 5.74) is 1.73. The van der Waals surface area contributed by atoms with Gasteiger partial charge < -0.3 is 14.2 Å². The number of methoxy groups -OCH3 is 1. The zero-order valence-corrected chi connectivity index (χ0v) is 20.0. The molecule has 1 aromatic heterocycles. The summed E-state index contributed by atoms with van der Waals surface area (Å²) in [6.07, 6.45) is 1.64. The number of rotatable bonds is 7. The number of fused-ring (bicyclic) bond motifs is 1. The van der Waals surface area contributed by atoms with Crippen LogP contribution < -0.4 is 24.4 Å². The highest BCUT2D eigenvalue weighted by Gasteiger charge is 2.33. The molecule has 0 radical (unpaired) electrons. The number of nitrogens with zero attached hydrogens (tertiary/aromatic N) is 2. The smallest absolute Gasteiger partial charge is 0.387 e. The van der Waals surface area contributed by atoms with E-state index in [1.807, 2.05) is 0 Å². The molecule has 1 atom stereocenters. The number of halogens is 2. The molecule has 1 aliphatic heterocycles. The second-order valence-corrected chi connectivity index (χ2v) is 8.53. The number of allylic oxidation sites excluding steroid dienone is 1. The monoisotopic (exact) mass is 500 g/mol. The zero-order valence-electron chi connectivity index (χ0n) is 19.2. The van der Waals surface area contributed by atoms with Gasteiger partial charge in [-0.25, -0.2) is 9.79 Å². The average Bonchev–Trinajstić information content (AvgIpc) is 3.13. The molecule has 2 heterocycles. The van der Waals surface area contributed by atoms with Gasteiger partial charge in [0.05, 0.1) is 35.6 Å². The largest absolute Gasteiger partial charge is 0.497 e. The number of alkyl halides is 2. The average molecular weight is 501 g/mol. The third-order valence-electron chi connectivity index (χ3n) is 5.35. The van der Waals surface area contributed by atoms with Gasteiger partial charge in [-0.15, -0.1) is 0 Å². The molecule has 0 bridgehead atoms. The van der Waals surface area contributed by atoms with Crippen molar-refractivity contribution in [1.29, 1.82) is 0 Å². The fourth-order valence-electron chi connectivity index (χ4n) is 3.79. The van der Waals surface area contributed by atoms with Gasteiger partial charge in [-0.2, -0.15) is 8.78 Å². The van der Waals surface area contributed by atoms with Crippen LogP contribution in [0.5, 0.6) is 11.5 Å². The number of aromatic nitrogens is 1. The molecule has 3 aromatic rings. The van der Waals surface area contributed by atoms with Crippen molar-refractivity contribution in [3.05, 3.63) is 90.6 Å². The van der Waals surface area contributed by atoms with E-state index in [-0.39, 0.29) is 23.5 Å². The number of hydrogen-bond acceptors (Lipinski definition) is 7. The van der Waals surface area contributed by atoms with Gasteiger partial charge in [-0.05, 0) is 55.3 Å². The quantitative estimate of drug-likeness (QED) is 0.465. The SMILES string of the molecule is CCOC(=O)C1=C(C)N=c2s/c(=C/c3ccc(OC(F)F)cc3)c(=O)n2[C@H]1c1ccc(OC)cc1. The van der Waals surface area contributed by atoms with Crippen LogP contribution in [0, 0.1) is 0 Å². The lowest BCUT2D eigenvalue weighted by Gasteiger charge is -2.24. The van der Waals surface area contributed by atoms with Crippen LogP contribution in [-0.4, -0.2) is 30.9 Å². The number of thiazole rings is 1. The van der Waals surface area contributed by atoms with Gasteiger partial charge in [0.1, 0.15) is 11.5 Å². The molecule has 0 unspecified atom stereocenters. The van der Waals surface area contributed by atoms with Crippen molar-refractivity contribution in [2.24, 2.45) is 4.99 Å². The number of benzene rings is 2. The summed E-state index contributed by atoms with van der Waals surface area (Å²) >= 11 is 1.17. The summed E-state index contributed by atoms with van der Waals surface area (Å²) in [6, 6.07) is 12.3. The van der Waals surface area contributed by atoms with Gasteiger partial charge in [0.15, 0.2) is 4.80 Å². The molecule has 182 valence electrons. The summed E-state index contributed by atoms with van der Waals surface area (Å²) in [5.74, 6) is 0.116. The Hall–Kier alpha value is -3.79. The van der Waals surface area contributed by atoms with E-state index in [1.54, 1.807) is 63.4 Å². The number of carbonyl (C=O) groups excluding carboxylic acids is 1. The zero-order chi connectivity index (χ0) is 25.1. The van der Waals surface area contributed by atoms with Gasteiger partial charge in [0, 0.05) is 0 Å². The topological polar surface area (TPSA) is 79.1 Å². The Morgan fingerprint density at radius 3 is 2.40 bits per heavy atom. The lowest BCUT2D eigenvalue weighted by molar-refractivity contribution is -0.139. The lowest BCUT2D eigenvalue weighted by atomic mass is 9.96. The maximum atomic E-state index is 13.5. The first-order valence-corrected chi connectivity index (χ1v) is 11.5. The number of esters is 1. The molecule has 0 fully saturated rings. The van der Waals surface area contributed by atoms with Crippen LogP contribution in [0.2, 0.25) is 0 Å². The van der Waals surface area contributed by atoms with Crippen molar-refractivity contribution < 1.29 is 27.8 Å². The minimum atomic E-state index is -2.92. The maximum absolute atomic E-state index is 13.5. The first-order valence-electron chi connectivity index (χ1n) is 10.7. The van der Waals surface area contributed by atoms with Gasteiger partial charge in [0.2, 0.25) is 0 Å². The van der Waals surface area contributed by atoms with Crippen LogP contribution in [0.25, 0.3) is 6.08 Å². The summed E-state index contributed by atoms with van der Waals surface area (Å²) in [6.45, 7) is 0.685. The Labute approximate surface area is 203 Å². The molecule has 10 heteroatoms. The molecule has 0 N–H and O–H groups in total. The number of hydrogen-bond donors (Lipinski definition) is 0. The van der Waals surface area contributed by atoms with Gasteiger partial charge >= 0.3 is 12.6 Å². The lowest BCUT2D eigenvalue weighted by Crippen LogP contribution is -2.39. The van der Waals surface area contributed by atoms with Crippen LogP contribution in [0.1, 0.15) is 31.0 Å². The van der Waals surface area contributed by atoms with E-state index in [0.29, 0.717) is 31.9 Å². The Bertz CT molecular complexity index is 1440. The molecular weight excluding hydrogens is 478 g/mol. The van der Waals surface area contributed by atoms with Crippen LogP contribution >= 0.6 is 11.3 Å². The molecule has 2 aromatic carbocycles. The van der Waals surface area contributed by atoms with E-state index in [2.05, 4.69) is 9.73 Å². The van der Waals surface area contributed by atoms with E-state index in [1.165, 1.54) is 28.0 Å². The highest BCUT2D eigenvalue weighted by molar-refractivity contribution is 7.07. The van der Waals surface area contributed by atoms with Crippen molar-refractivity contribution in [1.82, 2.24) is 4.57 Å². The van der Waals surface area contributed by atoms with Crippen LogP contribution in [0.4, 0.5) is 8.78 Å². The minimum absolute atomic E-state index is 0.0211. The standard InChI is InChI=1S/C25H22F2N2O5S/c1-4-33-23(31)20-14(2)28-25-29(21(20)16-7-11-17(32-3)12-8-16)22(30)19(35-25)13-15-5-9-18(10-6-15)34-24(26)27/h5-13,21,24H,4H2,1-3H3/b19-13+/t21-/m0/s1. The third kappa shape index (κ3) is 5.02. The Morgan fingerprint density at radius 2 is 1.80 bits per heavy atom. The molecule has 4 rings (SSSR count). The maximum Gasteiger partial charge on any atom is 0.387 e. The van der Waals surface area contributed by atoms with Crippen molar-refractivity contribution in [3.63, 3.8) is 0 Å². The van der Waals surface area contributed by atoms with E-state index in [4.69, 9.17) is 9.47 Å². The van der Waals surface area contributed by atoms with Gasteiger partial charge in [-0.1, -0.05) is 35.6 Å². The molecular formula is C25H22F2N2O5S. The van der Waals surface area contributed by atoms with E-state index < -0.39 is 18.6 Å². The summed E-state index contributed by atoms with van der Waals surface area (Å²) in [7, 11) is 1.55. The Balaban J connectivity index is 1.85. The fourth-order valence-corrected chi connectivity index (χ4v) is 4.84. The Kier molecular flexibility index (Phi) is 7.11. The first kappa shape index (κ1) is 24.3. The van der Waals surface area contributed by atoms with Crippen LogP contribution in [0.3, 0.4) is 0 Å². The van der Waals surface area contributed by atoms with Gasteiger partial charge in [-0.3, -0.25) is 9.36 Å². The Morgan fingerprint density at radius 1 is 1.14 bits per heavy atom. The first-order chi connectivity index (χ1) is 16.8. The molecule has 0 aliphatic carbocycles. The normalized spacial score (nSPS) is 15.6. The van der Waals surface area contributed by atoms with Crippen molar-refractivity contribution in [2.75, 3.05) is 13.7 Å². The van der Waals surface area contributed by atoms with Crippen LogP contribution in [0.15, 0.2) is 69.6 Å². The highest BCUT2D eigenvalue weighted by atomic mass is 32.1. The molecule has 0 saturated heterocycles. The third-order valence-corrected chi connectivity index (χ3v) is 6.33. The molecule has 0 saturated carbocycles. The van der Waals surface area contributed by atoms with Crippen molar-refractivity contribution >= 4 is 23.4 Å². The molecule has 7 nitrogen and oxygen atoms in total. The van der Waals surface area contributed by atoms with Crippen LogP contribution in [-0.2, 0) is 9.53 Å².